The van der Waals surface area contributed by atoms with Gasteiger partial charge in [0.2, 0.25) is 0 Å². The molecule has 0 rings (SSSR count). The molecule has 25 heavy (non-hydrogen) atoms. The van der Waals surface area contributed by atoms with Gasteiger partial charge in [-0.05, 0) is 20.8 Å². The first-order chi connectivity index (χ1) is 10.9. The maximum Gasteiger partial charge on any atom is 0.303 e. The van der Waals surface area contributed by atoms with Crippen molar-refractivity contribution in [3.63, 3.8) is 0 Å². The molecule has 0 saturated heterocycles. The molecule has 10 heteroatoms. The summed E-state index contributed by atoms with van der Waals surface area (Å²) in [6, 6.07) is 0. The van der Waals surface area contributed by atoms with E-state index >= 15 is 0 Å². The predicted octanol–water partition coefficient (Wildman–Crippen LogP) is 1.32. The summed E-state index contributed by atoms with van der Waals surface area (Å²) in [5, 5.41) is 24.0. The quantitative estimate of drug-likeness (QED) is 0.435. The number of carbonyl (C=O) groups is 6. The molecule has 0 bridgehead atoms. The van der Waals surface area contributed by atoms with Crippen LogP contribution in [0.25, 0.3) is 0 Å². The van der Waals surface area contributed by atoms with Crippen molar-refractivity contribution >= 4 is 35.3 Å². The molecule has 141 valence electrons. The summed E-state index contributed by atoms with van der Waals surface area (Å²) in [6.07, 6.45) is 0.306. The van der Waals surface area contributed by atoms with Crippen LogP contribution in [0.3, 0.4) is 0 Å². The van der Waals surface area contributed by atoms with Gasteiger partial charge in [-0.15, -0.1) is 0 Å². The van der Waals surface area contributed by atoms with E-state index in [4.69, 9.17) is 15.3 Å². The largest absolute Gasteiger partial charge is 0.481 e. The second kappa shape index (κ2) is 20.7. The molecule has 0 aliphatic carbocycles. The van der Waals surface area contributed by atoms with E-state index in [9.17, 15) is 28.8 Å². The topological polar surface area (TPSA) is 163 Å². The molecule has 0 aromatic carbocycles. The fraction of sp³-hybridized carbons (Fsp3) is 0.600. The molecule has 0 aromatic heterocycles. The molecule has 0 saturated carbocycles. The van der Waals surface area contributed by atoms with Gasteiger partial charge in [-0.1, -0.05) is 0 Å². The van der Waals surface area contributed by atoms with Gasteiger partial charge < -0.3 is 29.7 Å². The molecule has 0 aliphatic rings. The number of aliphatic carboxylic acids is 3. The molecular formula is C15H24LaO9. The van der Waals surface area contributed by atoms with E-state index in [-0.39, 0.29) is 91.5 Å². The monoisotopic (exact) mass is 487 g/mol. The van der Waals surface area contributed by atoms with Crippen LogP contribution in [0, 0.1) is 35.6 Å². The first-order valence-corrected chi connectivity index (χ1v) is 7.02. The minimum Gasteiger partial charge on any atom is -0.481 e. The van der Waals surface area contributed by atoms with Crippen molar-refractivity contribution in [3.8, 4) is 0 Å². The van der Waals surface area contributed by atoms with Crippen LogP contribution in [0.4, 0.5) is 0 Å². The zero-order valence-electron chi connectivity index (χ0n) is 14.6. The predicted molar refractivity (Wildman–Crippen MR) is 82.7 cm³/mol. The van der Waals surface area contributed by atoms with Crippen molar-refractivity contribution in [2.75, 3.05) is 0 Å². The first-order valence-electron chi connectivity index (χ1n) is 7.02. The maximum absolute atomic E-state index is 10.1. The fourth-order valence-corrected chi connectivity index (χ4v) is 0.849. The first kappa shape index (κ1) is 31.4. The molecule has 0 amide bonds. The Morgan fingerprint density at radius 1 is 0.480 bits per heavy atom. The third kappa shape index (κ3) is 51.8. The maximum atomic E-state index is 10.1. The standard InChI is InChI=1S/3C5H8O3.La/c3*1-4(6)2-3-5(7)8;/h3*2-3H2,1H3,(H,7,8);. The van der Waals surface area contributed by atoms with Crippen LogP contribution in [-0.4, -0.2) is 50.6 Å². The summed E-state index contributed by atoms with van der Waals surface area (Å²) in [4.78, 5) is 59.5. The van der Waals surface area contributed by atoms with Gasteiger partial charge in [0.1, 0.15) is 17.3 Å². The Balaban J connectivity index is -0.000000130. The van der Waals surface area contributed by atoms with Gasteiger partial charge in [-0.3, -0.25) is 14.4 Å². The van der Waals surface area contributed by atoms with Gasteiger partial charge in [-0.2, -0.15) is 0 Å². The molecule has 0 heterocycles. The minimum absolute atomic E-state index is 0. The average Bonchev–Trinajstić information content (AvgIpc) is 2.42. The number of hydrogen-bond acceptors (Lipinski definition) is 6. The summed E-state index contributed by atoms with van der Waals surface area (Å²) in [6.45, 7) is 4.13. The molecule has 0 aliphatic heterocycles. The Kier molecular flexibility index (Phi) is 25.9. The van der Waals surface area contributed by atoms with Gasteiger partial charge in [0, 0.05) is 54.9 Å². The van der Waals surface area contributed by atoms with Crippen molar-refractivity contribution in [3.05, 3.63) is 0 Å². The van der Waals surface area contributed by atoms with E-state index in [2.05, 4.69) is 0 Å². The Morgan fingerprint density at radius 2 is 0.640 bits per heavy atom. The number of carboxylic acid groups (broad SMARTS) is 3. The third-order valence-electron chi connectivity index (χ3n) is 2.07. The smallest absolute Gasteiger partial charge is 0.303 e. The molecular weight excluding hydrogens is 463 g/mol. The van der Waals surface area contributed by atoms with E-state index < -0.39 is 17.9 Å². The van der Waals surface area contributed by atoms with Crippen LogP contribution in [0.2, 0.25) is 0 Å². The van der Waals surface area contributed by atoms with Crippen molar-refractivity contribution in [2.45, 2.75) is 59.3 Å². The molecule has 1 radical (unpaired) electrons. The Labute approximate surface area is 173 Å². The summed E-state index contributed by atoms with van der Waals surface area (Å²) in [7, 11) is 0. The molecule has 0 spiro atoms. The van der Waals surface area contributed by atoms with Crippen molar-refractivity contribution in [1.29, 1.82) is 0 Å². The molecule has 9 nitrogen and oxygen atoms in total. The van der Waals surface area contributed by atoms with Crippen LogP contribution in [0.1, 0.15) is 59.3 Å². The molecule has 0 unspecified atom stereocenters. The molecule has 0 atom stereocenters. The Bertz CT molecular complexity index is 349. The summed E-state index contributed by atoms with van der Waals surface area (Å²) >= 11 is 0. The number of carbonyl (C=O) groups excluding carboxylic acids is 3. The molecule has 0 aromatic rings. The van der Waals surface area contributed by atoms with Crippen LogP contribution in [-0.2, 0) is 28.8 Å². The average molecular weight is 487 g/mol. The van der Waals surface area contributed by atoms with E-state index in [0.29, 0.717) is 0 Å². The second-order valence-corrected chi connectivity index (χ2v) is 4.79. The van der Waals surface area contributed by atoms with Crippen LogP contribution in [0.15, 0.2) is 0 Å². The minimum atomic E-state index is -0.916. The van der Waals surface area contributed by atoms with E-state index in [1.54, 1.807) is 0 Å². The normalized spacial score (nSPS) is 8.28. The number of ketones is 3. The van der Waals surface area contributed by atoms with E-state index in [0.717, 1.165) is 0 Å². The van der Waals surface area contributed by atoms with Crippen molar-refractivity contribution in [1.82, 2.24) is 0 Å². The Morgan fingerprint density at radius 3 is 0.680 bits per heavy atom. The Hall–Kier alpha value is -1.39. The number of hydrogen-bond donors (Lipinski definition) is 3. The van der Waals surface area contributed by atoms with Crippen LogP contribution >= 0.6 is 0 Å². The third-order valence-corrected chi connectivity index (χ3v) is 2.07. The van der Waals surface area contributed by atoms with E-state index in [1.807, 2.05) is 0 Å². The summed E-state index contributed by atoms with van der Waals surface area (Å²) in [5.74, 6) is -2.98. The molecule has 3 N–H and O–H groups in total. The van der Waals surface area contributed by atoms with Gasteiger partial charge in [0.15, 0.2) is 0 Å². The summed E-state index contributed by atoms with van der Waals surface area (Å²) < 4.78 is 0. The van der Waals surface area contributed by atoms with E-state index in [1.165, 1.54) is 20.8 Å². The fourth-order valence-electron chi connectivity index (χ4n) is 0.849. The second-order valence-electron chi connectivity index (χ2n) is 4.79. The van der Waals surface area contributed by atoms with Gasteiger partial charge in [0.05, 0.1) is 19.3 Å². The van der Waals surface area contributed by atoms with Gasteiger partial charge in [-0.25, -0.2) is 0 Å². The van der Waals surface area contributed by atoms with Crippen LogP contribution < -0.4 is 0 Å². The summed E-state index contributed by atoms with van der Waals surface area (Å²) in [5.41, 5.74) is 0. The zero-order valence-corrected chi connectivity index (χ0v) is 18.2. The number of Topliss-reactive ketones (excluding diaryl/α,β-unsaturated/α-hetero) is 3. The zero-order chi connectivity index (χ0) is 19.7. The number of carboxylic acids is 3. The van der Waals surface area contributed by atoms with Gasteiger partial charge >= 0.3 is 17.9 Å². The van der Waals surface area contributed by atoms with Crippen molar-refractivity contribution < 1.29 is 79.7 Å². The molecule has 0 fully saturated rings. The number of rotatable bonds is 9. The SMILES string of the molecule is CC(=O)CCC(=O)O.CC(=O)CCC(=O)O.CC(=O)CCC(=O)O.[La]. The van der Waals surface area contributed by atoms with Crippen molar-refractivity contribution in [2.24, 2.45) is 0 Å². The van der Waals surface area contributed by atoms with Gasteiger partial charge in [0.25, 0.3) is 0 Å². The van der Waals surface area contributed by atoms with Crippen LogP contribution in [0.5, 0.6) is 0 Å².